The molecule has 0 unspecified atom stereocenters. The van der Waals surface area contributed by atoms with Gasteiger partial charge in [0.2, 0.25) is 5.60 Å². The maximum atomic E-state index is 12.7. The molecule has 2 aliphatic heterocycles. The Morgan fingerprint density at radius 2 is 1.70 bits per heavy atom. The zero-order valence-corrected chi connectivity index (χ0v) is 16.8. The number of carbonyl (C=O) groups is 1. The quantitative estimate of drug-likeness (QED) is 0.298. The van der Waals surface area contributed by atoms with Crippen molar-refractivity contribution >= 4 is 5.97 Å². The van der Waals surface area contributed by atoms with E-state index in [1.165, 1.54) is 0 Å². The second-order valence-corrected chi connectivity index (χ2v) is 7.80. The van der Waals surface area contributed by atoms with Gasteiger partial charge in [0.05, 0.1) is 13.2 Å². The first-order valence-corrected chi connectivity index (χ1v) is 9.77. The van der Waals surface area contributed by atoms with Gasteiger partial charge in [0.25, 0.3) is 0 Å². The largest absolute Gasteiger partial charge is 0.455 e. The predicted molar refractivity (Wildman–Crippen MR) is 107 cm³/mol. The molecule has 2 saturated heterocycles. The fourth-order valence-electron chi connectivity index (χ4n) is 4.03. The molecule has 4 rings (SSSR count). The van der Waals surface area contributed by atoms with Gasteiger partial charge in [-0.2, -0.15) is 0 Å². The van der Waals surface area contributed by atoms with Crippen molar-refractivity contribution in [1.29, 1.82) is 0 Å². The molecule has 8 heteroatoms. The van der Waals surface area contributed by atoms with Crippen molar-refractivity contribution in [3.63, 3.8) is 0 Å². The normalized spacial score (nSPS) is 26.8. The molecule has 2 aromatic rings. The predicted octanol–water partition coefficient (Wildman–Crippen LogP) is 3.92. The summed E-state index contributed by atoms with van der Waals surface area (Å²) in [5, 5.41) is 3.56. The number of azide groups is 1. The first-order valence-electron chi connectivity index (χ1n) is 9.77. The molecule has 0 aromatic heterocycles. The van der Waals surface area contributed by atoms with Gasteiger partial charge in [0, 0.05) is 4.91 Å². The van der Waals surface area contributed by atoms with Crippen molar-refractivity contribution in [2.75, 3.05) is 13.2 Å². The van der Waals surface area contributed by atoms with Crippen LogP contribution < -0.4 is 0 Å². The molecule has 0 N–H and O–H groups in total. The Hall–Kier alpha value is -2.90. The summed E-state index contributed by atoms with van der Waals surface area (Å²) in [6.07, 6.45) is -1.77. The monoisotopic (exact) mass is 409 g/mol. The maximum Gasteiger partial charge on any atom is 0.342 e. The molecular weight excluding hydrogens is 386 g/mol. The van der Waals surface area contributed by atoms with E-state index in [2.05, 4.69) is 10.0 Å². The molecule has 30 heavy (non-hydrogen) atoms. The van der Waals surface area contributed by atoms with E-state index < -0.39 is 29.6 Å². The van der Waals surface area contributed by atoms with E-state index in [0.717, 1.165) is 11.1 Å². The van der Waals surface area contributed by atoms with Crippen LogP contribution >= 0.6 is 0 Å². The molecule has 2 aliphatic rings. The molecule has 3 atom stereocenters. The van der Waals surface area contributed by atoms with E-state index in [-0.39, 0.29) is 19.3 Å². The highest BCUT2D eigenvalue weighted by Gasteiger charge is 2.67. The van der Waals surface area contributed by atoms with Crippen LogP contribution in [0.15, 0.2) is 65.8 Å². The minimum Gasteiger partial charge on any atom is -0.455 e. The van der Waals surface area contributed by atoms with Crippen LogP contribution in [-0.4, -0.2) is 42.7 Å². The van der Waals surface area contributed by atoms with Crippen molar-refractivity contribution in [1.82, 2.24) is 0 Å². The number of carbonyl (C=O) groups excluding carboxylic acids is 1. The molecule has 0 aliphatic carbocycles. The summed E-state index contributed by atoms with van der Waals surface area (Å²) in [5.41, 5.74) is 9.25. The highest BCUT2D eigenvalue weighted by molar-refractivity contribution is 5.84. The van der Waals surface area contributed by atoms with E-state index in [0.29, 0.717) is 0 Å². The van der Waals surface area contributed by atoms with Crippen molar-refractivity contribution in [2.45, 2.75) is 43.5 Å². The maximum absolute atomic E-state index is 12.7. The van der Waals surface area contributed by atoms with Gasteiger partial charge in [0.1, 0.15) is 12.2 Å². The number of ether oxygens (including phenoxy) is 4. The highest BCUT2D eigenvalue weighted by Crippen LogP contribution is 2.45. The second kappa shape index (κ2) is 8.08. The molecule has 2 fully saturated rings. The molecule has 0 spiro atoms. The molecule has 156 valence electrons. The van der Waals surface area contributed by atoms with Gasteiger partial charge in [-0.1, -0.05) is 65.8 Å². The Kier molecular flexibility index (Phi) is 5.49. The van der Waals surface area contributed by atoms with Crippen LogP contribution in [0.3, 0.4) is 0 Å². The van der Waals surface area contributed by atoms with Gasteiger partial charge in [-0.05, 0) is 30.5 Å². The van der Waals surface area contributed by atoms with Gasteiger partial charge in [-0.25, -0.2) is 4.79 Å². The average molecular weight is 409 g/mol. The number of rotatable bonds is 7. The van der Waals surface area contributed by atoms with Gasteiger partial charge < -0.3 is 18.9 Å². The van der Waals surface area contributed by atoms with E-state index in [4.69, 9.17) is 24.5 Å². The summed E-state index contributed by atoms with van der Waals surface area (Å²) in [6.45, 7) is 3.33. The third-order valence-electron chi connectivity index (χ3n) is 5.24. The number of hydrogen-bond donors (Lipinski definition) is 0. The van der Waals surface area contributed by atoms with Crippen molar-refractivity contribution in [3.8, 4) is 0 Å². The molecule has 0 saturated carbocycles. The third-order valence-corrected chi connectivity index (χ3v) is 5.24. The lowest BCUT2D eigenvalue weighted by molar-refractivity contribution is -0.200. The van der Waals surface area contributed by atoms with E-state index >= 15 is 0 Å². The molecule has 0 radical (unpaired) electrons. The number of esters is 1. The van der Waals surface area contributed by atoms with Crippen LogP contribution in [-0.2, 0) is 23.7 Å². The summed E-state index contributed by atoms with van der Waals surface area (Å²) in [6, 6.07) is 19.6. The van der Waals surface area contributed by atoms with Gasteiger partial charge in [-0.15, -0.1) is 0 Å². The van der Waals surface area contributed by atoms with Crippen molar-refractivity contribution < 1.29 is 23.7 Å². The summed E-state index contributed by atoms with van der Waals surface area (Å²) in [7, 11) is 0. The Labute approximate surface area is 174 Å². The van der Waals surface area contributed by atoms with Crippen LogP contribution in [0.25, 0.3) is 10.4 Å². The Balaban J connectivity index is 1.57. The molecule has 8 nitrogen and oxygen atoms in total. The van der Waals surface area contributed by atoms with Crippen LogP contribution in [0.5, 0.6) is 0 Å². The van der Waals surface area contributed by atoms with E-state index in [1.54, 1.807) is 13.8 Å². The van der Waals surface area contributed by atoms with E-state index in [1.807, 2.05) is 60.7 Å². The first-order chi connectivity index (χ1) is 14.5. The molecule has 2 heterocycles. The lowest BCUT2D eigenvalue weighted by Gasteiger charge is -2.24. The smallest absolute Gasteiger partial charge is 0.342 e. The number of benzene rings is 2. The van der Waals surface area contributed by atoms with Crippen molar-refractivity contribution in [2.24, 2.45) is 5.11 Å². The van der Waals surface area contributed by atoms with Gasteiger partial charge in [-0.3, -0.25) is 0 Å². The summed E-state index contributed by atoms with van der Waals surface area (Å²) in [4.78, 5) is 15.5. The van der Waals surface area contributed by atoms with Crippen LogP contribution in [0.4, 0.5) is 0 Å². The fourth-order valence-corrected chi connectivity index (χ4v) is 4.03. The summed E-state index contributed by atoms with van der Waals surface area (Å²) in [5.74, 6) is -1.61. The van der Waals surface area contributed by atoms with Crippen LogP contribution in [0.1, 0.15) is 31.1 Å². The SMILES string of the molecule is CC1(C)O[C@@H]2[C@@H](COC(c3ccccc3)c3ccccc3)OC(=O)[C@]2(CN=[N+]=[N-])O1. The first kappa shape index (κ1) is 20.4. The topological polar surface area (TPSA) is 103 Å². The van der Waals surface area contributed by atoms with Gasteiger partial charge >= 0.3 is 5.97 Å². The zero-order valence-electron chi connectivity index (χ0n) is 16.8. The zero-order chi connectivity index (χ0) is 21.2. The number of hydrogen-bond acceptors (Lipinski definition) is 6. The Morgan fingerprint density at radius 3 is 2.27 bits per heavy atom. The lowest BCUT2D eigenvalue weighted by atomic mass is 9.96. The fraction of sp³-hybridized carbons (Fsp3) is 0.409. The highest BCUT2D eigenvalue weighted by atomic mass is 16.8. The number of fused-ring (bicyclic) bond motifs is 1. The van der Waals surface area contributed by atoms with Crippen molar-refractivity contribution in [3.05, 3.63) is 82.2 Å². The van der Waals surface area contributed by atoms with Crippen LogP contribution in [0.2, 0.25) is 0 Å². The third kappa shape index (κ3) is 3.78. The minimum absolute atomic E-state index is 0.0995. The average Bonchev–Trinajstić information content (AvgIpc) is 3.16. The second-order valence-electron chi connectivity index (χ2n) is 7.80. The van der Waals surface area contributed by atoms with E-state index in [9.17, 15) is 4.79 Å². The Morgan fingerprint density at radius 1 is 1.10 bits per heavy atom. The Bertz CT molecular complexity index is 906. The number of nitrogens with zero attached hydrogens (tertiary/aromatic N) is 3. The lowest BCUT2D eigenvalue weighted by Crippen LogP contribution is -2.47. The van der Waals surface area contributed by atoms with Gasteiger partial charge in [0.15, 0.2) is 11.9 Å². The molecule has 2 aromatic carbocycles. The standard InChI is InChI=1S/C22H23N3O5/c1-21(2)29-19-17(28-20(26)22(19,30-21)14-24-25-23)13-27-18(15-9-5-3-6-10-15)16-11-7-4-8-12-16/h3-12,17-19H,13-14H2,1-2H3/t17-,19-,22-/m1/s1. The molecule has 0 amide bonds. The summed E-state index contributed by atoms with van der Waals surface area (Å²) >= 11 is 0. The summed E-state index contributed by atoms with van der Waals surface area (Å²) < 4.78 is 23.6. The number of cyclic esters (lactones) is 1. The minimum atomic E-state index is -1.46. The molecular formula is C22H23N3O5. The molecule has 0 bridgehead atoms. The van der Waals surface area contributed by atoms with Crippen LogP contribution in [0, 0.1) is 0 Å².